The summed E-state index contributed by atoms with van der Waals surface area (Å²) < 4.78 is 81.1. The number of nitrogens with zero attached hydrogens (tertiary/aromatic N) is 1. The lowest BCUT2D eigenvalue weighted by molar-refractivity contribution is -0.384. The third-order valence-electron chi connectivity index (χ3n) is 3.13. The van der Waals surface area contributed by atoms with E-state index in [1.807, 2.05) is 0 Å². The average molecular weight is 365 g/mol. The Labute approximate surface area is 136 Å². The lowest BCUT2D eigenvalue weighted by Gasteiger charge is -2.23. The number of nitro benzene ring substituents is 1. The van der Waals surface area contributed by atoms with Crippen LogP contribution in [0.3, 0.4) is 0 Å². The average Bonchev–Trinajstić information content (AvgIpc) is 2.46. The van der Waals surface area contributed by atoms with Crippen molar-refractivity contribution in [3.05, 3.63) is 64.2 Å². The molecule has 0 saturated carbocycles. The van der Waals surface area contributed by atoms with E-state index in [1.54, 1.807) is 0 Å². The van der Waals surface area contributed by atoms with Crippen molar-refractivity contribution in [1.82, 2.24) is 0 Å². The third-order valence-corrected chi connectivity index (χ3v) is 3.13. The number of halogens is 6. The summed E-state index contributed by atoms with van der Waals surface area (Å²) in [5, 5.41) is 10.7. The summed E-state index contributed by atoms with van der Waals surface area (Å²) >= 11 is 0. The fourth-order valence-corrected chi connectivity index (χ4v) is 2.09. The Hall–Kier alpha value is -2.78. The molecule has 0 heterocycles. The molecule has 0 unspecified atom stereocenters. The van der Waals surface area contributed by atoms with Crippen LogP contribution in [0, 0.1) is 10.1 Å². The van der Waals surface area contributed by atoms with Crippen LogP contribution in [0.4, 0.5) is 32.0 Å². The number of hydrogen-bond acceptors (Lipinski definition) is 3. The van der Waals surface area contributed by atoms with Gasteiger partial charge in [0.2, 0.25) is 0 Å². The van der Waals surface area contributed by atoms with Crippen LogP contribution in [-0.2, 0) is 0 Å². The predicted molar refractivity (Wildman–Crippen MR) is 74.5 cm³/mol. The number of non-ortho nitro benzene ring substituents is 1. The van der Waals surface area contributed by atoms with Crippen LogP contribution in [0.1, 0.15) is 11.5 Å². The van der Waals surface area contributed by atoms with Crippen molar-refractivity contribution in [1.29, 1.82) is 0 Å². The zero-order valence-electron chi connectivity index (χ0n) is 12.1. The highest BCUT2D eigenvalue weighted by Crippen LogP contribution is 2.46. The monoisotopic (exact) mass is 365 g/mol. The van der Waals surface area contributed by atoms with Gasteiger partial charge in [-0.1, -0.05) is 18.2 Å². The zero-order chi connectivity index (χ0) is 18.8. The molecule has 0 aromatic heterocycles. The molecule has 0 saturated heterocycles. The summed E-state index contributed by atoms with van der Waals surface area (Å²) in [6, 6.07) is 8.11. The topological polar surface area (TPSA) is 52.4 Å². The number of ether oxygens (including phenoxy) is 1. The molecule has 0 N–H and O–H groups in total. The summed E-state index contributed by atoms with van der Waals surface area (Å²) in [5.41, 5.74) is -1.25. The molecule has 25 heavy (non-hydrogen) atoms. The highest BCUT2D eigenvalue weighted by molar-refractivity contribution is 5.41. The number of benzene rings is 2. The molecule has 10 heteroatoms. The highest BCUT2D eigenvalue weighted by Gasteiger charge is 2.57. The van der Waals surface area contributed by atoms with Crippen LogP contribution < -0.4 is 4.74 Å². The van der Waals surface area contributed by atoms with E-state index in [-0.39, 0.29) is 17.2 Å². The van der Waals surface area contributed by atoms with Gasteiger partial charge < -0.3 is 4.74 Å². The summed E-state index contributed by atoms with van der Waals surface area (Å²) in [6.07, 6.45) is -11.0. The minimum atomic E-state index is -5.49. The van der Waals surface area contributed by atoms with Crippen molar-refractivity contribution >= 4 is 5.69 Å². The zero-order valence-corrected chi connectivity index (χ0v) is 12.1. The van der Waals surface area contributed by atoms with E-state index in [4.69, 9.17) is 4.74 Å². The molecule has 0 fully saturated rings. The van der Waals surface area contributed by atoms with E-state index in [0.717, 1.165) is 18.2 Å². The SMILES string of the molecule is O=[N+]([O-])c1cccc(Oc2ccc(C(C(F)(F)F)C(F)(F)F)cc2)c1. The smallest absolute Gasteiger partial charge is 0.404 e. The van der Waals surface area contributed by atoms with Crippen molar-refractivity contribution < 1.29 is 36.0 Å². The van der Waals surface area contributed by atoms with Gasteiger partial charge in [-0.15, -0.1) is 0 Å². The molecule has 2 rings (SSSR count). The van der Waals surface area contributed by atoms with Gasteiger partial charge >= 0.3 is 12.4 Å². The Balaban J connectivity index is 2.25. The molecule has 0 aliphatic carbocycles. The quantitative estimate of drug-likeness (QED) is 0.403. The molecule has 0 amide bonds. The molecule has 0 radical (unpaired) electrons. The maximum Gasteiger partial charge on any atom is 0.404 e. The molecule has 0 atom stereocenters. The Morgan fingerprint density at radius 1 is 0.880 bits per heavy atom. The number of alkyl halides is 6. The lowest BCUT2D eigenvalue weighted by atomic mass is 9.98. The second-order valence-electron chi connectivity index (χ2n) is 4.94. The first-order valence-electron chi connectivity index (χ1n) is 6.64. The van der Waals surface area contributed by atoms with Gasteiger partial charge in [-0.25, -0.2) is 0 Å². The van der Waals surface area contributed by atoms with Crippen molar-refractivity contribution in [3.63, 3.8) is 0 Å². The van der Waals surface area contributed by atoms with Crippen molar-refractivity contribution in [3.8, 4) is 11.5 Å². The third kappa shape index (κ3) is 4.61. The van der Waals surface area contributed by atoms with Gasteiger partial charge in [-0.2, -0.15) is 26.3 Å². The minimum Gasteiger partial charge on any atom is -0.457 e. The summed E-state index contributed by atoms with van der Waals surface area (Å²) in [6.45, 7) is 0. The van der Waals surface area contributed by atoms with E-state index in [1.165, 1.54) is 18.2 Å². The molecule has 0 bridgehead atoms. The molecule has 0 aliphatic rings. The second kappa shape index (κ2) is 6.61. The van der Waals surface area contributed by atoms with Crippen LogP contribution in [-0.4, -0.2) is 17.3 Å². The van der Waals surface area contributed by atoms with Gasteiger partial charge in [-0.3, -0.25) is 10.1 Å². The molecule has 0 aliphatic heterocycles. The summed E-state index contributed by atoms with van der Waals surface area (Å²) in [5.74, 6) is -3.65. The fourth-order valence-electron chi connectivity index (χ4n) is 2.09. The van der Waals surface area contributed by atoms with Gasteiger partial charge in [0.05, 0.1) is 11.0 Å². The number of hydrogen-bond donors (Lipinski definition) is 0. The Morgan fingerprint density at radius 2 is 1.44 bits per heavy atom. The van der Waals surface area contributed by atoms with Crippen LogP contribution in [0.25, 0.3) is 0 Å². The largest absolute Gasteiger partial charge is 0.457 e. The van der Waals surface area contributed by atoms with Crippen LogP contribution in [0.2, 0.25) is 0 Å². The standard InChI is InChI=1S/C15H9F6NO3/c16-14(17,18)13(15(19,20)21)9-4-6-11(7-5-9)25-12-3-1-2-10(8-12)22(23)24/h1-8,13H. The lowest BCUT2D eigenvalue weighted by Crippen LogP contribution is -2.34. The van der Waals surface area contributed by atoms with Crippen molar-refractivity contribution in [2.75, 3.05) is 0 Å². The van der Waals surface area contributed by atoms with E-state index in [2.05, 4.69) is 0 Å². The minimum absolute atomic E-state index is 0.0187. The molecule has 2 aromatic rings. The van der Waals surface area contributed by atoms with Gasteiger partial charge in [-0.05, 0) is 23.8 Å². The number of rotatable bonds is 4. The Morgan fingerprint density at radius 3 is 1.92 bits per heavy atom. The molecule has 2 aromatic carbocycles. The fraction of sp³-hybridized carbons (Fsp3) is 0.200. The van der Waals surface area contributed by atoms with Gasteiger partial charge in [0.1, 0.15) is 11.5 Å². The van der Waals surface area contributed by atoms with Crippen LogP contribution >= 0.6 is 0 Å². The van der Waals surface area contributed by atoms with Crippen LogP contribution in [0.15, 0.2) is 48.5 Å². The molecule has 0 spiro atoms. The molecular formula is C15H9F6NO3. The van der Waals surface area contributed by atoms with Gasteiger partial charge in [0, 0.05) is 6.07 Å². The highest BCUT2D eigenvalue weighted by atomic mass is 19.4. The Kier molecular flexibility index (Phi) is 4.91. The van der Waals surface area contributed by atoms with E-state index in [0.29, 0.717) is 12.1 Å². The Bertz CT molecular complexity index is 741. The first kappa shape index (κ1) is 18.6. The van der Waals surface area contributed by atoms with Gasteiger partial charge in [0.25, 0.3) is 5.69 Å². The summed E-state index contributed by atoms with van der Waals surface area (Å²) in [7, 11) is 0. The van der Waals surface area contributed by atoms with Crippen LogP contribution in [0.5, 0.6) is 11.5 Å². The van der Waals surface area contributed by atoms with Crippen molar-refractivity contribution in [2.24, 2.45) is 0 Å². The van der Waals surface area contributed by atoms with E-state index < -0.39 is 28.8 Å². The molecule has 134 valence electrons. The van der Waals surface area contributed by atoms with Gasteiger partial charge in [0.15, 0.2) is 5.92 Å². The van der Waals surface area contributed by atoms with Crippen molar-refractivity contribution in [2.45, 2.75) is 18.3 Å². The van der Waals surface area contributed by atoms with E-state index in [9.17, 15) is 36.5 Å². The maximum atomic E-state index is 12.7. The summed E-state index contributed by atoms with van der Waals surface area (Å²) in [4.78, 5) is 9.98. The predicted octanol–water partition coefficient (Wildman–Crippen LogP) is 5.60. The normalized spacial score (nSPS) is 12.3. The molecule has 4 nitrogen and oxygen atoms in total. The van der Waals surface area contributed by atoms with E-state index >= 15 is 0 Å². The maximum absolute atomic E-state index is 12.7. The first-order chi connectivity index (χ1) is 11.5. The second-order valence-corrected chi connectivity index (χ2v) is 4.94. The first-order valence-corrected chi connectivity index (χ1v) is 6.64. The molecular weight excluding hydrogens is 356 g/mol. The number of nitro groups is 1.